The van der Waals surface area contributed by atoms with E-state index in [4.69, 9.17) is 6.42 Å². The fraction of sp³-hybridized carbons (Fsp3) is 0.0588. The van der Waals surface area contributed by atoms with Gasteiger partial charge in [-0.15, -0.1) is 6.42 Å². The van der Waals surface area contributed by atoms with Crippen molar-refractivity contribution in [2.45, 2.75) is 6.18 Å². The molecule has 0 spiro atoms. The summed E-state index contributed by atoms with van der Waals surface area (Å²) in [5, 5.41) is 0. The van der Waals surface area contributed by atoms with Crippen LogP contribution in [-0.2, 0) is 10.9 Å². The zero-order valence-corrected chi connectivity index (χ0v) is 11.6. The Kier molecular flexibility index (Phi) is 4.51. The quantitative estimate of drug-likeness (QED) is 0.423. The number of halogens is 3. The minimum Gasteiger partial charge on any atom is -0.386 e. The van der Waals surface area contributed by atoms with E-state index in [-0.39, 0.29) is 11.1 Å². The first-order valence-electron chi connectivity index (χ1n) is 6.33. The highest BCUT2D eigenvalue weighted by Gasteiger charge is 2.31. The van der Waals surface area contributed by atoms with E-state index in [2.05, 4.69) is 10.7 Å². The standard InChI is InChI=1S/C10H4O3.C7H5F3/c1-2-6-4-3-5-7-8(6)10(12)13-9(7)11;8-7(9,10)6-4-2-1-3-5-6/h1,3-5H;1-5H. The SMILES string of the molecule is C#Cc1cccc2c1C(=O)OC2=O.FC(F)(F)c1ccccc1. The third-order valence-electron chi connectivity index (χ3n) is 2.93. The van der Waals surface area contributed by atoms with E-state index < -0.39 is 23.7 Å². The van der Waals surface area contributed by atoms with Crippen LogP contribution in [0, 0.1) is 12.3 Å². The second-order valence-corrected chi connectivity index (χ2v) is 4.41. The minimum absolute atomic E-state index is 0.204. The third kappa shape index (κ3) is 3.58. The lowest BCUT2D eigenvalue weighted by Crippen LogP contribution is -2.03. The molecule has 3 nitrogen and oxygen atoms in total. The number of hydrogen-bond donors (Lipinski definition) is 0. The highest BCUT2D eigenvalue weighted by Crippen LogP contribution is 2.28. The molecule has 0 amide bonds. The van der Waals surface area contributed by atoms with Gasteiger partial charge in [-0.2, -0.15) is 13.2 Å². The molecular weight excluding hydrogens is 309 g/mol. The first kappa shape index (κ1) is 16.3. The molecule has 23 heavy (non-hydrogen) atoms. The van der Waals surface area contributed by atoms with Crippen LogP contribution in [0.5, 0.6) is 0 Å². The molecule has 0 fully saturated rings. The molecule has 0 radical (unpaired) electrons. The van der Waals surface area contributed by atoms with Crippen LogP contribution in [-0.4, -0.2) is 11.9 Å². The second kappa shape index (κ2) is 6.36. The van der Waals surface area contributed by atoms with Gasteiger partial charge in [-0.05, 0) is 12.1 Å². The predicted octanol–water partition coefficient (Wildman–Crippen LogP) is 3.68. The Morgan fingerprint density at radius 3 is 2.09 bits per heavy atom. The molecule has 1 heterocycles. The number of benzene rings is 2. The van der Waals surface area contributed by atoms with Crippen molar-refractivity contribution in [1.29, 1.82) is 0 Å². The normalized spacial score (nSPS) is 12.6. The molecule has 0 aromatic heterocycles. The molecule has 1 aliphatic rings. The van der Waals surface area contributed by atoms with Crippen LogP contribution in [0.15, 0.2) is 48.5 Å². The molecular formula is C17H9F3O3. The highest BCUT2D eigenvalue weighted by atomic mass is 19.4. The lowest BCUT2D eigenvalue weighted by Gasteiger charge is -2.03. The summed E-state index contributed by atoms with van der Waals surface area (Å²) in [6.07, 6.45) is 0.954. The van der Waals surface area contributed by atoms with Crippen LogP contribution < -0.4 is 0 Å². The number of terminal acetylenes is 1. The van der Waals surface area contributed by atoms with Gasteiger partial charge in [0.15, 0.2) is 0 Å². The number of alkyl halides is 3. The summed E-state index contributed by atoms with van der Waals surface area (Å²) in [6.45, 7) is 0. The Balaban J connectivity index is 0.000000174. The van der Waals surface area contributed by atoms with Crippen molar-refractivity contribution in [3.63, 3.8) is 0 Å². The van der Waals surface area contributed by atoms with E-state index in [1.165, 1.54) is 18.2 Å². The smallest absolute Gasteiger partial charge is 0.386 e. The minimum atomic E-state index is -4.21. The number of cyclic esters (lactones) is 2. The Morgan fingerprint density at radius 1 is 0.913 bits per heavy atom. The Morgan fingerprint density at radius 2 is 1.57 bits per heavy atom. The van der Waals surface area contributed by atoms with Crippen LogP contribution in [0.25, 0.3) is 0 Å². The number of fused-ring (bicyclic) bond motifs is 1. The monoisotopic (exact) mass is 318 g/mol. The molecule has 0 unspecified atom stereocenters. The van der Waals surface area contributed by atoms with E-state index in [1.54, 1.807) is 18.2 Å². The van der Waals surface area contributed by atoms with E-state index in [0.717, 1.165) is 12.1 Å². The van der Waals surface area contributed by atoms with Gasteiger partial charge in [0, 0.05) is 5.56 Å². The molecule has 2 aromatic carbocycles. The first-order chi connectivity index (χ1) is 10.8. The summed E-state index contributed by atoms with van der Waals surface area (Å²) in [4.78, 5) is 22.1. The van der Waals surface area contributed by atoms with Gasteiger partial charge in [0.05, 0.1) is 16.7 Å². The van der Waals surface area contributed by atoms with Crippen molar-refractivity contribution in [1.82, 2.24) is 0 Å². The van der Waals surface area contributed by atoms with E-state index in [1.807, 2.05) is 0 Å². The number of ether oxygens (including phenoxy) is 1. The van der Waals surface area contributed by atoms with Gasteiger partial charge in [0.25, 0.3) is 0 Å². The molecule has 0 N–H and O–H groups in total. The average molecular weight is 318 g/mol. The van der Waals surface area contributed by atoms with E-state index in [9.17, 15) is 22.8 Å². The maximum atomic E-state index is 11.8. The maximum absolute atomic E-state index is 11.8. The lowest BCUT2D eigenvalue weighted by atomic mass is 10.0. The predicted molar refractivity (Wildman–Crippen MR) is 75.6 cm³/mol. The van der Waals surface area contributed by atoms with Gasteiger partial charge >= 0.3 is 18.1 Å². The van der Waals surface area contributed by atoms with Gasteiger partial charge in [-0.1, -0.05) is 42.3 Å². The zero-order valence-electron chi connectivity index (χ0n) is 11.6. The fourth-order valence-electron chi connectivity index (χ4n) is 1.88. The van der Waals surface area contributed by atoms with Crippen molar-refractivity contribution in [2.75, 3.05) is 0 Å². The molecule has 6 heteroatoms. The zero-order chi connectivity index (χ0) is 17.0. The third-order valence-corrected chi connectivity index (χ3v) is 2.93. The van der Waals surface area contributed by atoms with E-state index >= 15 is 0 Å². The van der Waals surface area contributed by atoms with Crippen molar-refractivity contribution in [3.8, 4) is 12.3 Å². The number of carbonyl (C=O) groups is 2. The Labute approximate surface area is 129 Å². The van der Waals surface area contributed by atoms with Crippen molar-refractivity contribution in [2.24, 2.45) is 0 Å². The average Bonchev–Trinajstić information content (AvgIpc) is 2.83. The summed E-state index contributed by atoms with van der Waals surface area (Å²) >= 11 is 0. The van der Waals surface area contributed by atoms with E-state index in [0.29, 0.717) is 5.56 Å². The van der Waals surface area contributed by atoms with Gasteiger partial charge in [0.2, 0.25) is 0 Å². The molecule has 0 bridgehead atoms. The lowest BCUT2D eigenvalue weighted by molar-refractivity contribution is -0.137. The number of carbonyl (C=O) groups excluding carboxylic acids is 2. The molecule has 1 aliphatic heterocycles. The molecule has 116 valence electrons. The number of hydrogen-bond acceptors (Lipinski definition) is 3. The second-order valence-electron chi connectivity index (χ2n) is 4.41. The fourth-order valence-corrected chi connectivity index (χ4v) is 1.88. The van der Waals surface area contributed by atoms with Crippen LogP contribution in [0.4, 0.5) is 13.2 Å². The molecule has 0 saturated carbocycles. The van der Waals surface area contributed by atoms with Gasteiger partial charge in [0.1, 0.15) is 0 Å². The summed E-state index contributed by atoms with van der Waals surface area (Å²) in [6, 6.07) is 11.1. The highest BCUT2D eigenvalue weighted by molar-refractivity contribution is 6.15. The Hall–Kier alpha value is -3.07. The van der Waals surface area contributed by atoms with Gasteiger partial charge in [-0.25, -0.2) is 9.59 Å². The summed E-state index contributed by atoms with van der Waals surface area (Å²) < 4.78 is 39.8. The molecule has 0 aliphatic carbocycles. The summed E-state index contributed by atoms with van der Waals surface area (Å²) in [5.74, 6) is 1.04. The molecule has 2 aromatic rings. The van der Waals surface area contributed by atoms with Crippen LogP contribution in [0.2, 0.25) is 0 Å². The number of esters is 2. The van der Waals surface area contributed by atoms with Crippen molar-refractivity contribution in [3.05, 3.63) is 70.8 Å². The number of rotatable bonds is 0. The van der Waals surface area contributed by atoms with Crippen LogP contribution in [0.3, 0.4) is 0 Å². The summed E-state index contributed by atoms with van der Waals surface area (Å²) in [7, 11) is 0. The largest absolute Gasteiger partial charge is 0.416 e. The Bertz CT molecular complexity index is 787. The van der Waals surface area contributed by atoms with Gasteiger partial charge < -0.3 is 4.74 Å². The summed E-state index contributed by atoms with van der Waals surface area (Å²) in [5.41, 5.74) is 0.249. The van der Waals surface area contributed by atoms with Crippen molar-refractivity contribution >= 4 is 11.9 Å². The maximum Gasteiger partial charge on any atom is 0.416 e. The van der Waals surface area contributed by atoms with Crippen LogP contribution in [0.1, 0.15) is 31.8 Å². The van der Waals surface area contributed by atoms with Crippen molar-refractivity contribution < 1.29 is 27.5 Å². The topological polar surface area (TPSA) is 43.4 Å². The first-order valence-corrected chi connectivity index (χ1v) is 6.33. The van der Waals surface area contributed by atoms with Gasteiger partial charge in [-0.3, -0.25) is 0 Å². The molecule has 3 rings (SSSR count). The van der Waals surface area contributed by atoms with Crippen LogP contribution >= 0.6 is 0 Å². The molecule has 0 atom stereocenters. The molecule has 0 saturated heterocycles.